The first-order chi connectivity index (χ1) is 13.3. The lowest BCUT2D eigenvalue weighted by Crippen LogP contribution is -2.13. The fourth-order valence-corrected chi connectivity index (χ4v) is 4.73. The maximum absolute atomic E-state index is 12.7. The van der Waals surface area contributed by atoms with Gasteiger partial charge in [-0.15, -0.1) is 0 Å². The molecular weight excluding hydrogens is 441 g/mol. The Morgan fingerprint density at radius 1 is 0.893 bits per heavy atom. The van der Waals surface area contributed by atoms with E-state index in [1.54, 1.807) is 18.2 Å². The first-order valence-corrected chi connectivity index (χ1v) is 10.7. The molecule has 9 heteroatoms. The Morgan fingerprint density at radius 3 is 2.32 bits per heavy atom. The van der Waals surface area contributed by atoms with Crippen molar-refractivity contribution in [3.8, 4) is 11.4 Å². The van der Waals surface area contributed by atoms with E-state index in [4.69, 9.17) is 34.8 Å². The van der Waals surface area contributed by atoms with Crippen LogP contribution < -0.4 is 4.72 Å². The summed E-state index contributed by atoms with van der Waals surface area (Å²) in [5, 5.41) is 0.895. The zero-order valence-electron chi connectivity index (χ0n) is 14.1. The third kappa shape index (κ3) is 3.82. The zero-order valence-corrected chi connectivity index (χ0v) is 17.2. The Labute approximate surface area is 176 Å². The minimum absolute atomic E-state index is 0.0368. The summed E-state index contributed by atoms with van der Waals surface area (Å²) in [6.45, 7) is 0. The van der Waals surface area contributed by atoms with E-state index in [1.165, 1.54) is 18.2 Å². The van der Waals surface area contributed by atoms with E-state index in [0.717, 1.165) is 11.0 Å². The summed E-state index contributed by atoms with van der Waals surface area (Å²) in [7, 11) is -3.89. The van der Waals surface area contributed by atoms with E-state index < -0.39 is 10.0 Å². The molecule has 2 N–H and O–H groups in total. The number of imidazole rings is 1. The molecule has 3 aromatic carbocycles. The van der Waals surface area contributed by atoms with Gasteiger partial charge < -0.3 is 4.98 Å². The number of para-hydroxylation sites is 2. The number of nitrogens with one attached hydrogen (secondary N) is 2. The van der Waals surface area contributed by atoms with Crippen LogP contribution in [-0.4, -0.2) is 18.4 Å². The van der Waals surface area contributed by atoms with Crippen LogP contribution in [0.3, 0.4) is 0 Å². The largest absolute Gasteiger partial charge is 0.338 e. The van der Waals surface area contributed by atoms with Gasteiger partial charge in [-0.25, -0.2) is 13.4 Å². The van der Waals surface area contributed by atoms with Crippen molar-refractivity contribution >= 4 is 61.5 Å². The van der Waals surface area contributed by atoms with Crippen LogP contribution in [0, 0.1) is 0 Å². The van der Waals surface area contributed by atoms with Crippen molar-refractivity contribution in [2.24, 2.45) is 0 Å². The molecule has 0 unspecified atom stereocenters. The highest BCUT2D eigenvalue weighted by Gasteiger charge is 2.17. The van der Waals surface area contributed by atoms with Crippen LogP contribution >= 0.6 is 34.8 Å². The summed E-state index contributed by atoms with van der Waals surface area (Å²) < 4.78 is 27.9. The minimum atomic E-state index is -3.89. The van der Waals surface area contributed by atoms with E-state index in [-0.39, 0.29) is 14.9 Å². The maximum Gasteiger partial charge on any atom is 0.261 e. The number of anilines is 1. The number of aromatic amines is 1. The zero-order chi connectivity index (χ0) is 19.9. The summed E-state index contributed by atoms with van der Waals surface area (Å²) in [5.74, 6) is 0.540. The Hall–Kier alpha value is -2.25. The van der Waals surface area contributed by atoms with E-state index in [1.807, 2.05) is 24.3 Å². The van der Waals surface area contributed by atoms with Crippen molar-refractivity contribution in [1.29, 1.82) is 0 Å². The lowest BCUT2D eigenvalue weighted by molar-refractivity contribution is 0.601. The van der Waals surface area contributed by atoms with Crippen LogP contribution in [0.2, 0.25) is 15.1 Å². The standard InChI is InChI=1S/C19H12Cl3N3O2S/c20-11-7-12(21)9-14(8-11)28(26,27)25-13-5-6-16(22)15(10-13)19-23-17-3-1-2-4-18(17)24-19/h1-10,25H,(H,23,24). The summed E-state index contributed by atoms with van der Waals surface area (Å²) >= 11 is 18.2. The number of hydrogen-bond donors (Lipinski definition) is 2. The third-order valence-electron chi connectivity index (χ3n) is 4.01. The number of halogens is 3. The van der Waals surface area contributed by atoms with Crippen LogP contribution in [0.5, 0.6) is 0 Å². The number of aromatic nitrogens is 2. The van der Waals surface area contributed by atoms with E-state index in [0.29, 0.717) is 22.1 Å². The first kappa shape index (κ1) is 19.1. The molecule has 4 rings (SSSR count). The average Bonchev–Trinajstić information content (AvgIpc) is 3.06. The molecule has 0 atom stereocenters. The molecule has 1 heterocycles. The van der Waals surface area contributed by atoms with Crippen LogP contribution in [0.15, 0.2) is 65.6 Å². The lowest BCUT2D eigenvalue weighted by Gasteiger charge is -2.11. The minimum Gasteiger partial charge on any atom is -0.338 e. The lowest BCUT2D eigenvalue weighted by atomic mass is 10.2. The molecule has 28 heavy (non-hydrogen) atoms. The Morgan fingerprint density at radius 2 is 1.61 bits per heavy atom. The highest BCUT2D eigenvalue weighted by Crippen LogP contribution is 2.31. The quantitative estimate of drug-likeness (QED) is 0.399. The van der Waals surface area contributed by atoms with Crippen LogP contribution in [-0.2, 0) is 10.0 Å². The molecule has 0 bridgehead atoms. The van der Waals surface area contributed by atoms with Crippen LogP contribution in [0.1, 0.15) is 0 Å². The SMILES string of the molecule is O=S(=O)(Nc1ccc(Cl)c(-c2nc3ccccc3[nH]2)c1)c1cc(Cl)cc(Cl)c1. The normalized spacial score (nSPS) is 11.7. The molecule has 4 aromatic rings. The second-order valence-corrected chi connectivity index (χ2v) is 8.97. The van der Waals surface area contributed by atoms with E-state index >= 15 is 0 Å². The number of sulfonamides is 1. The highest BCUT2D eigenvalue weighted by atomic mass is 35.5. The molecule has 5 nitrogen and oxygen atoms in total. The van der Waals surface area contributed by atoms with Crippen LogP contribution in [0.4, 0.5) is 5.69 Å². The van der Waals surface area contributed by atoms with Gasteiger partial charge in [0.1, 0.15) is 5.82 Å². The van der Waals surface area contributed by atoms with Gasteiger partial charge in [-0.3, -0.25) is 4.72 Å². The van der Waals surface area contributed by atoms with E-state index in [9.17, 15) is 8.42 Å². The number of fused-ring (bicyclic) bond motifs is 1. The fourth-order valence-electron chi connectivity index (χ4n) is 2.75. The molecule has 0 aliphatic carbocycles. The van der Waals surface area contributed by atoms with Crippen molar-refractivity contribution in [2.75, 3.05) is 4.72 Å². The number of benzene rings is 3. The molecule has 0 fully saturated rings. The second-order valence-electron chi connectivity index (χ2n) is 6.01. The topological polar surface area (TPSA) is 74.8 Å². The predicted molar refractivity (Wildman–Crippen MR) is 114 cm³/mol. The number of H-pyrrole nitrogens is 1. The van der Waals surface area contributed by atoms with Crippen LogP contribution in [0.25, 0.3) is 22.4 Å². The average molecular weight is 453 g/mol. The van der Waals surface area contributed by atoms with Gasteiger partial charge in [0.15, 0.2) is 0 Å². The molecule has 1 aromatic heterocycles. The molecule has 142 valence electrons. The van der Waals surface area contributed by atoms with Gasteiger partial charge in [-0.05, 0) is 48.5 Å². The summed E-state index contributed by atoms with van der Waals surface area (Å²) in [4.78, 5) is 7.66. The second kappa shape index (κ2) is 7.29. The summed E-state index contributed by atoms with van der Waals surface area (Å²) in [6.07, 6.45) is 0. The van der Waals surface area contributed by atoms with E-state index in [2.05, 4.69) is 14.7 Å². The van der Waals surface area contributed by atoms with Crippen molar-refractivity contribution < 1.29 is 8.42 Å². The Bertz CT molecular complexity index is 1250. The highest BCUT2D eigenvalue weighted by molar-refractivity contribution is 7.92. The molecule has 0 spiro atoms. The van der Waals surface area contributed by atoms with Crippen molar-refractivity contribution in [1.82, 2.24) is 9.97 Å². The molecule has 0 amide bonds. The van der Waals surface area contributed by atoms with Crippen molar-refractivity contribution in [2.45, 2.75) is 4.90 Å². The monoisotopic (exact) mass is 451 g/mol. The number of hydrogen-bond acceptors (Lipinski definition) is 3. The molecule has 0 aliphatic heterocycles. The van der Waals surface area contributed by atoms with Crippen molar-refractivity contribution in [3.63, 3.8) is 0 Å². The number of rotatable bonds is 4. The Kier molecular flexibility index (Phi) is 4.97. The smallest absolute Gasteiger partial charge is 0.261 e. The van der Waals surface area contributed by atoms with Gasteiger partial charge in [0.25, 0.3) is 10.0 Å². The van der Waals surface area contributed by atoms with Gasteiger partial charge in [0.05, 0.1) is 21.0 Å². The predicted octanol–water partition coefficient (Wildman–Crippen LogP) is 5.99. The molecular formula is C19H12Cl3N3O2S. The van der Waals surface area contributed by atoms with Gasteiger partial charge in [-0.2, -0.15) is 0 Å². The number of nitrogens with zero attached hydrogens (tertiary/aromatic N) is 1. The molecule has 0 radical (unpaired) electrons. The maximum atomic E-state index is 12.7. The molecule has 0 aliphatic rings. The van der Waals surface area contributed by atoms with Crippen molar-refractivity contribution in [3.05, 3.63) is 75.7 Å². The van der Waals surface area contributed by atoms with Gasteiger partial charge in [0, 0.05) is 21.3 Å². The first-order valence-electron chi connectivity index (χ1n) is 8.05. The summed E-state index contributed by atoms with van der Waals surface area (Å²) in [5.41, 5.74) is 2.54. The molecule has 0 saturated carbocycles. The van der Waals surface area contributed by atoms with Gasteiger partial charge >= 0.3 is 0 Å². The third-order valence-corrected chi connectivity index (χ3v) is 6.14. The molecule has 0 saturated heterocycles. The fraction of sp³-hybridized carbons (Fsp3) is 0. The van der Waals surface area contributed by atoms with Gasteiger partial charge in [-0.1, -0.05) is 46.9 Å². The van der Waals surface area contributed by atoms with Gasteiger partial charge in [0.2, 0.25) is 0 Å². The Balaban J connectivity index is 1.72. The summed E-state index contributed by atoms with van der Waals surface area (Å²) in [6, 6.07) is 16.5.